The maximum Gasteiger partial charge on any atom is 0.248 e. The summed E-state index contributed by atoms with van der Waals surface area (Å²) in [5, 5.41) is 2.64. The molecule has 8 heteroatoms. The summed E-state index contributed by atoms with van der Waals surface area (Å²) in [4.78, 5) is 12.1. The third-order valence-corrected chi connectivity index (χ3v) is 5.96. The summed E-state index contributed by atoms with van der Waals surface area (Å²) in [5.41, 5.74) is 0.977. The van der Waals surface area contributed by atoms with Crippen molar-refractivity contribution in [3.8, 4) is 0 Å². The van der Waals surface area contributed by atoms with Gasteiger partial charge in [0.05, 0.1) is 24.6 Å². The van der Waals surface area contributed by atoms with Gasteiger partial charge in [0.25, 0.3) is 0 Å². The Morgan fingerprint density at radius 1 is 1.27 bits per heavy atom. The largest absolute Gasteiger partial charge is 0.373 e. The van der Waals surface area contributed by atoms with Crippen LogP contribution in [0, 0.1) is 0 Å². The minimum absolute atomic E-state index is 0.0559. The van der Waals surface area contributed by atoms with Gasteiger partial charge in [-0.15, -0.1) is 0 Å². The highest BCUT2D eigenvalue weighted by molar-refractivity contribution is 7.89. The van der Waals surface area contributed by atoms with E-state index in [1.165, 1.54) is 4.31 Å². The molecule has 1 aliphatic rings. The first-order valence-corrected chi connectivity index (χ1v) is 10.5. The molecular weight excluding hydrogens is 356 g/mol. The van der Waals surface area contributed by atoms with Crippen molar-refractivity contribution in [3.05, 3.63) is 35.9 Å². The number of amides is 1. The predicted octanol–water partition coefficient (Wildman–Crippen LogP) is 1.15. The Labute approximate surface area is 155 Å². The minimum atomic E-state index is -3.43. The maximum atomic E-state index is 12.4. The summed E-state index contributed by atoms with van der Waals surface area (Å²) >= 11 is 0. The Kier molecular flexibility index (Phi) is 7.57. The first-order chi connectivity index (χ1) is 12.3. The smallest absolute Gasteiger partial charge is 0.248 e. The van der Waals surface area contributed by atoms with Crippen molar-refractivity contribution in [2.24, 2.45) is 0 Å². The second kappa shape index (κ2) is 9.45. The fourth-order valence-electron chi connectivity index (χ4n) is 2.81. The molecule has 0 spiro atoms. The quantitative estimate of drug-likeness (QED) is 0.727. The lowest BCUT2D eigenvalue weighted by Crippen LogP contribution is -2.50. The Hall–Kier alpha value is -1.48. The van der Waals surface area contributed by atoms with Crippen LogP contribution in [-0.2, 0) is 30.9 Å². The molecule has 1 amide bonds. The Bertz CT molecular complexity index is 670. The summed E-state index contributed by atoms with van der Waals surface area (Å²) in [7, 11) is -3.43. The van der Waals surface area contributed by atoms with Gasteiger partial charge in [0.2, 0.25) is 15.9 Å². The molecule has 1 aromatic carbocycles. The number of morpholine rings is 1. The molecule has 3 atom stereocenters. The fraction of sp³-hybridized carbons (Fsp3) is 0.611. The number of benzene rings is 1. The molecule has 0 saturated carbocycles. The van der Waals surface area contributed by atoms with E-state index in [1.54, 1.807) is 6.92 Å². The van der Waals surface area contributed by atoms with E-state index in [0.29, 0.717) is 19.7 Å². The van der Waals surface area contributed by atoms with Crippen molar-refractivity contribution >= 4 is 15.9 Å². The van der Waals surface area contributed by atoms with Crippen LogP contribution in [0.1, 0.15) is 26.3 Å². The number of carbonyl (C=O) groups is 1. The number of ether oxygens (including phenoxy) is 2. The first kappa shape index (κ1) is 20.8. The molecular formula is C18H28N2O5S. The third kappa shape index (κ3) is 6.35. The molecule has 1 heterocycles. The Morgan fingerprint density at radius 3 is 2.50 bits per heavy atom. The van der Waals surface area contributed by atoms with Crippen LogP contribution in [0.3, 0.4) is 0 Å². The van der Waals surface area contributed by atoms with E-state index in [1.807, 2.05) is 44.2 Å². The lowest BCUT2D eigenvalue weighted by molar-refractivity contribution is -0.132. The Balaban J connectivity index is 1.74. The average molecular weight is 384 g/mol. The zero-order chi connectivity index (χ0) is 19.2. The van der Waals surface area contributed by atoms with Crippen LogP contribution < -0.4 is 5.32 Å². The van der Waals surface area contributed by atoms with Crippen molar-refractivity contribution in [3.63, 3.8) is 0 Å². The second-order valence-electron chi connectivity index (χ2n) is 6.62. The van der Waals surface area contributed by atoms with Crippen LogP contribution in [0.4, 0.5) is 0 Å². The highest BCUT2D eigenvalue weighted by atomic mass is 32.2. The minimum Gasteiger partial charge on any atom is -0.373 e. The summed E-state index contributed by atoms with van der Waals surface area (Å²) in [6, 6.07) is 9.56. The molecule has 0 radical (unpaired) electrons. The van der Waals surface area contributed by atoms with Crippen molar-refractivity contribution in [2.75, 3.05) is 25.4 Å². The molecule has 7 nitrogen and oxygen atoms in total. The molecule has 0 aliphatic carbocycles. The molecule has 1 N–H and O–H groups in total. The van der Waals surface area contributed by atoms with Crippen molar-refractivity contribution in [1.29, 1.82) is 0 Å². The zero-order valence-corrected chi connectivity index (χ0v) is 16.4. The summed E-state index contributed by atoms with van der Waals surface area (Å²) < 4.78 is 37.4. The van der Waals surface area contributed by atoms with Crippen LogP contribution in [0.2, 0.25) is 0 Å². The van der Waals surface area contributed by atoms with Crippen LogP contribution in [-0.4, -0.2) is 62.3 Å². The lowest BCUT2D eigenvalue weighted by atomic mass is 10.2. The van der Waals surface area contributed by atoms with E-state index in [4.69, 9.17) is 9.47 Å². The number of nitrogens with zero attached hydrogens (tertiary/aromatic N) is 1. The van der Waals surface area contributed by atoms with Crippen LogP contribution in [0.25, 0.3) is 0 Å². The predicted molar refractivity (Wildman–Crippen MR) is 99.1 cm³/mol. The monoisotopic (exact) mass is 384 g/mol. The van der Waals surface area contributed by atoms with E-state index in [-0.39, 0.29) is 30.4 Å². The van der Waals surface area contributed by atoms with Crippen molar-refractivity contribution < 1.29 is 22.7 Å². The molecule has 0 bridgehead atoms. The van der Waals surface area contributed by atoms with E-state index < -0.39 is 16.1 Å². The van der Waals surface area contributed by atoms with Gasteiger partial charge >= 0.3 is 0 Å². The number of rotatable bonds is 8. The van der Waals surface area contributed by atoms with Gasteiger partial charge in [-0.2, -0.15) is 4.31 Å². The molecule has 146 valence electrons. The van der Waals surface area contributed by atoms with Gasteiger partial charge in [0, 0.05) is 19.6 Å². The van der Waals surface area contributed by atoms with Gasteiger partial charge in [0.15, 0.2) is 0 Å². The molecule has 1 fully saturated rings. The van der Waals surface area contributed by atoms with Gasteiger partial charge in [-0.1, -0.05) is 30.3 Å². The SMILES string of the molecule is C[C@@H]1CN(S(=O)(=O)CCNC(=O)[C@H](C)OCc2ccccc2)C[C@@H](C)O1. The standard InChI is InChI=1S/C18H28N2O5S/c1-14-11-20(12-15(2)25-14)26(22,23)10-9-19-18(21)16(3)24-13-17-7-5-4-6-8-17/h4-8,14-16H,9-13H2,1-3H3,(H,19,21)/t14-,15-,16+/m1/s1. The van der Waals surface area contributed by atoms with Crippen LogP contribution in [0.5, 0.6) is 0 Å². The number of sulfonamides is 1. The molecule has 0 aromatic heterocycles. The Morgan fingerprint density at radius 2 is 1.88 bits per heavy atom. The topological polar surface area (TPSA) is 84.9 Å². The lowest BCUT2D eigenvalue weighted by Gasteiger charge is -2.34. The highest BCUT2D eigenvalue weighted by Crippen LogP contribution is 2.14. The normalized spacial score (nSPS) is 22.7. The highest BCUT2D eigenvalue weighted by Gasteiger charge is 2.30. The van der Waals surface area contributed by atoms with Crippen molar-refractivity contribution in [1.82, 2.24) is 9.62 Å². The first-order valence-electron chi connectivity index (χ1n) is 8.84. The summed E-state index contributed by atoms with van der Waals surface area (Å²) in [6.07, 6.45) is -0.912. The molecule has 1 saturated heterocycles. The molecule has 0 unspecified atom stereocenters. The van der Waals surface area contributed by atoms with E-state index in [0.717, 1.165) is 5.56 Å². The maximum absolute atomic E-state index is 12.4. The van der Waals surface area contributed by atoms with Gasteiger partial charge < -0.3 is 14.8 Å². The number of hydrogen-bond donors (Lipinski definition) is 1. The van der Waals surface area contributed by atoms with Gasteiger partial charge in [0.1, 0.15) is 6.10 Å². The van der Waals surface area contributed by atoms with Gasteiger partial charge in [-0.3, -0.25) is 4.79 Å². The van der Waals surface area contributed by atoms with E-state index in [9.17, 15) is 13.2 Å². The van der Waals surface area contributed by atoms with Crippen LogP contribution >= 0.6 is 0 Å². The summed E-state index contributed by atoms with van der Waals surface area (Å²) in [6.45, 7) is 6.43. The zero-order valence-electron chi connectivity index (χ0n) is 15.6. The molecule has 26 heavy (non-hydrogen) atoms. The van der Waals surface area contributed by atoms with E-state index >= 15 is 0 Å². The molecule has 1 aromatic rings. The average Bonchev–Trinajstić information content (AvgIpc) is 2.59. The molecule has 1 aliphatic heterocycles. The van der Waals surface area contributed by atoms with Gasteiger partial charge in [-0.25, -0.2) is 8.42 Å². The fourth-order valence-corrected chi connectivity index (χ4v) is 4.30. The van der Waals surface area contributed by atoms with Crippen molar-refractivity contribution in [2.45, 2.75) is 45.7 Å². The third-order valence-electron chi connectivity index (χ3n) is 4.15. The number of carbonyl (C=O) groups excluding carboxylic acids is 1. The number of hydrogen-bond acceptors (Lipinski definition) is 5. The van der Waals surface area contributed by atoms with Crippen LogP contribution in [0.15, 0.2) is 30.3 Å². The molecule has 2 rings (SSSR count). The number of nitrogens with one attached hydrogen (secondary N) is 1. The second-order valence-corrected chi connectivity index (χ2v) is 8.71. The van der Waals surface area contributed by atoms with Gasteiger partial charge in [-0.05, 0) is 26.3 Å². The van der Waals surface area contributed by atoms with E-state index in [2.05, 4.69) is 5.32 Å². The summed E-state index contributed by atoms with van der Waals surface area (Å²) in [5.74, 6) is -0.455.